The highest BCUT2D eigenvalue weighted by molar-refractivity contribution is 7.89. The van der Waals surface area contributed by atoms with E-state index < -0.39 is 16.1 Å². The number of aliphatic hydroxyl groups excluding tert-OH is 1. The Balaban J connectivity index is 2.10. The molecule has 1 aliphatic carbocycles. The van der Waals surface area contributed by atoms with Gasteiger partial charge in [0.15, 0.2) is 5.03 Å². The normalized spacial score (nSPS) is 18.2. The SMILES string of the molecule is CC(C)n1cnc(S(=O)(=O)N(C)C[C@H](O)C2CC2)c1. The monoisotopic (exact) mass is 287 g/mol. The average molecular weight is 287 g/mol. The standard InChI is InChI=1S/C12H21N3O3S/c1-9(2)15-7-12(13-8-15)19(17,18)14(3)6-11(16)10-4-5-10/h7-11,16H,4-6H2,1-3H3/t11-/m0/s1. The molecule has 1 aliphatic rings. The molecule has 2 rings (SSSR count). The molecule has 0 bridgehead atoms. The van der Waals surface area contributed by atoms with Crippen LogP contribution in [0.5, 0.6) is 0 Å². The number of rotatable bonds is 6. The zero-order chi connectivity index (χ0) is 14.2. The number of hydrogen-bond acceptors (Lipinski definition) is 4. The van der Waals surface area contributed by atoms with Gasteiger partial charge < -0.3 is 9.67 Å². The summed E-state index contributed by atoms with van der Waals surface area (Å²) >= 11 is 0. The highest BCUT2D eigenvalue weighted by Crippen LogP contribution is 2.33. The second kappa shape index (κ2) is 5.22. The summed E-state index contributed by atoms with van der Waals surface area (Å²) in [7, 11) is -2.13. The first kappa shape index (κ1) is 14.5. The van der Waals surface area contributed by atoms with Crippen LogP contribution in [0.1, 0.15) is 32.7 Å². The van der Waals surface area contributed by atoms with Crippen LogP contribution in [0.4, 0.5) is 0 Å². The number of sulfonamides is 1. The maximum atomic E-state index is 12.3. The molecule has 108 valence electrons. The van der Waals surface area contributed by atoms with Gasteiger partial charge in [-0.15, -0.1) is 0 Å². The van der Waals surface area contributed by atoms with Crippen molar-refractivity contribution in [3.8, 4) is 0 Å². The summed E-state index contributed by atoms with van der Waals surface area (Å²) in [5.74, 6) is 0.255. The molecule has 1 heterocycles. The van der Waals surface area contributed by atoms with Crippen LogP contribution in [-0.2, 0) is 10.0 Å². The van der Waals surface area contributed by atoms with Gasteiger partial charge >= 0.3 is 0 Å². The number of likely N-dealkylation sites (N-methyl/N-ethyl adjacent to an activating group) is 1. The van der Waals surface area contributed by atoms with E-state index in [1.807, 2.05) is 13.8 Å². The lowest BCUT2D eigenvalue weighted by Gasteiger charge is -2.19. The minimum Gasteiger partial charge on any atom is -0.391 e. The second-order valence-electron chi connectivity index (χ2n) is 5.44. The van der Waals surface area contributed by atoms with Crippen molar-refractivity contribution in [3.05, 3.63) is 12.5 Å². The first-order chi connectivity index (χ1) is 8.82. The van der Waals surface area contributed by atoms with Crippen molar-refractivity contribution in [2.75, 3.05) is 13.6 Å². The van der Waals surface area contributed by atoms with Gasteiger partial charge in [0, 0.05) is 25.8 Å². The molecule has 1 saturated carbocycles. The Labute approximate surface area is 114 Å². The quantitative estimate of drug-likeness (QED) is 0.842. The predicted octanol–water partition coefficient (Wildman–Crippen LogP) is 0.855. The van der Waals surface area contributed by atoms with Crippen LogP contribution in [0.25, 0.3) is 0 Å². The Hall–Kier alpha value is -0.920. The van der Waals surface area contributed by atoms with Gasteiger partial charge in [0.1, 0.15) is 0 Å². The Kier molecular flexibility index (Phi) is 3.98. The van der Waals surface area contributed by atoms with Crippen LogP contribution in [-0.4, -0.2) is 47.1 Å². The molecule has 0 spiro atoms. The third-order valence-corrected chi connectivity index (χ3v) is 5.17. The van der Waals surface area contributed by atoms with E-state index in [4.69, 9.17) is 0 Å². The molecule has 6 nitrogen and oxygen atoms in total. The van der Waals surface area contributed by atoms with E-state index in [0.29, 0.717) is 0 Å². The van der Waals surface area contributed by atoms with Crippen molar-refractivity contribution in [1.29, 1.82) is 0 Å². The summed E-state index contributed by atoms with van der Waals surface area (Å²) in [6, 6.07) is 0.166. The zero-order valence-corrected chi connectivity index (χ0v) is 12.3. The molecular formula is C12H21N3O3S. The smallest absolute Gasteiger partial charge is 0.261 e. The minimum absolute atomic E-state index is 0.0340. The summed E-state index contributed by atoms with van der Waals surface area (Å²) in [6.07, 6.45) is 4.43. The summed E-state index contributed by atoms with van der Waals surface area (Å²) < 4.78 is 27.5. The van der Waals surface area contributed by atoms with Crippen molar-refractivity contribution in [2.45, 2.75) is 43.9 Å². The zero-order valence-electron chi connectivity index (χ0n) is 11.5. The number of nitrogens with zero attached hydrogens (tertiary/aromatic N) is 3. The van der Waals surface area contributed by atoms with Crippen LogP contribution >= 0.6 is 0 Å². The molecule has 0 aliphatic heterocycles. The highest BCUT2D eigenvalue weighted by Gasteiger charge is 2.33. The summed E-state index contributed by atoms with van der Waals surface area (Å²) in [5, 5.41) is 9.87. The Morgan fingerprint density at radius 1 is 1.53 bits per heavy atom. The summed E-state index contributed by atoms with van der Waals surface area (Å²) in [6.45, 7) is 4.04. The van der Waals surface area contributed by atoms with Crippen molar-refractivity contribution >= 4 is 10.0 Å². The van der Waals surface area contributed by atoms with E-state index in [1.54, 1.807) is 4.57 Å². The molecule has 1 N–H and O–H groups in total. The molecule has 0 radical (unpaired) electrons. The van der Waals surface area contributed by atoms with Gasteiger partial charge in [-0.2, -0.15) is 4.31 Å². The van der Waals surface area contributed by atoms with Crippen molar-refractivity contribution in [1.82, 2.24) is 13.9 Å². The molecule has 7 heteroatoms. The average Bonchev–Trinajstić information content (AvgIpc) is 3.05. The Bertz CT molecular complexity index is 534. The molecule has 0 amide bonds. The lowest BCUT2D eigenvalue weighted by molar-refractivity contribution is 0.131. The Morgan fingerprint density at radius 2 is 2.16 bits per heavy atom. The fraction of sp³-hybridized carbons (Fsp3) is 0.750. The summed E-state index contributed by atoms with van der Waals surface area (Å²) in [4.78, 5) is 3.95. The van der Waals surface area contributed by atoms with Gasteiger partial charge in [-0.1, -0.05) is 0 Å². The van der Waals surface area contributed by atoms with Gasteiger partial charge in [-0.3, -0.25) is 0 Å². The molecule has 1 fully saturated rings. The lowest BCUT2D eigenvalue weighted by Crippen LogP contribution is -2.35. The second-order valence-corrected chi connectivity index (χ2v) is 7.43. The minimum atomic E-state index is -3.61. The number of aromatic nitrogens is 2. The molecule has 1 aromatic heterocycles. The van der Waals surface area contributed by atoms with Crippen LogP contribution in [0.15, 0.2) is 17.6 Å². The molecule has 0 aromatic carbocycles. The van der Waals surface area contributed by atoms with E-state index in [2.05, 4.69) is 4.98 Å². The van der Waals surface area contributed by atoms with Crippen molar-refractivity contribution < 1.29 is 13.5 Å². The first-order valence-corrected chi connectivity index (χ1v) is 7.94. The molecular weight excluding hydrogens is 266 g/mol. The van der Waals surface area contributed by atoms with Crippen molar-refractivity contribution in [2.24, 2.45) is 5.92 Å². The molecule has 0 unspecified atom stereocenters. The van der Waals surface area contributed by atoms with E-state index in [9.17, 15) is 13.5 Å². The Morgan fingerprint density at radius 3 is 2.63 bits per heavy atom. The fourth-order valence-corrected chi connectivity index (χ4v) is 2.99. The topological polar surface area (TPSA) is 75.4 Å². The maximum Gasteiger partial charge on any atom is 0.261 e. The predicted molar refractivity (Wildman–Crippen MR) is 71.2 cm³/mol. The third-order valence-electron chi connectivity index (χ3n) is 3.46. The molecule has 1 atom stereocenters. The van der Waals surface area contributed by atoms with Gasteiger partial charge in [0.2, 0.25) is 0 Å². The van der Waals surface area contributed by atoms with Crippen LogP contribution in [0.3, 0.4) is 0 Å². The van der Waals surface area contributed by atoms with E-state index in [-0.39, 0.29) is 23.5 Å². The van der Waals surface area contributed by atoms with E-state index in [1.165, 1.54) is 23.9 Å². The summed E-state index contributed by atoms with van der Waals surface area (Å²) in [5.41, 5.74) is 0. The van der Waals surface area contributed by atoms with Crippen molar-refractivity contribution in [3.63, 3.8) is 0 Å². The van der Waals surface area contributed by atoms with E-state index in [0.717, 1.165) is 12.8 Å². The number of imidazole rings is 1. The third kappa shape index (κ3) is 3.16. The van der Waals surface area contributed by atoms with Crippen LogP contribution < -0.4 is 0 Å². The molecule has 0 saturated heterocycles. The van der Waals surface area contributed by atoms with Gasteiger partial charge in [-0.25, -0.2) is 13.4 Å². The van der Waals surface area contributed by atoms with Crippen LogP contribution in [0.2, 0.25) is 0 Å². The highest BCUT2D eigenvalue weighted by atomic mass is 32.2. The van der Waals surface area contributed by atoms with E-state index >= 15 is 0 Å². The first-order valence-electron chi connectivity index (χ1n) is 6.50. The maximum absolute atomic E-state index is 12.3. The van der Waals surface area contributed by atoms with Gasteiger partial charge in [0.25, 0.3) is 10.0 Å². The van der Waals surface area contributed by atoms with Crippen LogP contribution in [0, 0.1) is 5.92 Å². The largest absolute Gasteiger partial charge is 0.391 e. The fourth-order valence-electron chi connectivity index (χ4n) is 1.88. The number of aliphatic hydroxyl groups is 1. The molecule has 19 heavy (non-hydrogen) atoms. The number of hydrogen-bond donors (Lipinski definition) is 1. The van der Waals surface area contributed by atoms with Gasteiger partial charge in [0.05, 0.1) is 12.4 Å². The van der Waals surface area contributed by atoms with Gasteiger partial charge in [-0.05, 0) is 32.6 Å². The molecule has 1 aromatic rings. The lowest BCUT2D eigenvalue weighted by atomic mass is 10.2.